The van der Waals surface area contributed by atoms with Crippen LogP contribution in [-0.4, -0.2) is 24.5 Å². The molecule has 0 heterocycles. The Morgan fingerprint density at radius 1 is 0.939 bits per heavy atom. The van der Waals surface area contributed by atoms with Crippen molar-refractivity contribution in [3.63, 3.8) is 0 Å². The van der Waals surface area contributed by atoms with E-state index in [9.17, 15) is 9.59 Å². The molecule has 0 radical (unpaired) electrons. The van der Waals surface area contributed by atoms with Crippen molar-refractivity contribution in [3.05, 3.63) is 54.6 Å². The van der Waals surface area contributed by atoms with Gasteiger partial charge in [-0.2, -0.15) is 0 Å². The molecule has 5 heteroatoms. The summed E-state index contributed by atoms with van der Waals surface area (Å²) in [4.78, 5) is 27.0. The maximum Gasteiger partial charge on any atom is 0.309 e. The molecule has 1 saturated carbocycles. The number of hydrogen-bond acceptors (Lipinski definition) is 4. The number of nitrogens with one attached hydrogen (secondary N) is 1. The minimum atomic E-state index is -0.316. The first-order valence-corrected chi connectivity index (χ1v) is 12.1. The number of anilines is 3. The van der Waals surface area contributed by atoms with Crippen LogP contribution < -0.4 is 10.2 Å². The fraction of sp³-hybridized carbons (Fsp3) is 0.500. The number of para-hydroxylation sites is 1. The van der Waals surface area contributed by atoms with Gasteiger partial charge in [0, 0.05) is 23.1 Å². The summed E-state index contributed by atoms with van der Waals surface area (Å²) in [6.45, 7) is 10.8. The van der Waals surface area contributed by atoms with E-state index in [2.05, 4.69) is 57.0 Å². The zero-order chi connectivity index (χ0) is 24.0. The lowest BCUT2D eigenvalue weighted by atomic mass is 9.70. The lowest BCUT2D eigenvalue weighted by molar-refractivity contribution is -0.153. The van der Waals surface area contributed by atoms with E-state index in [4.69, 9.17) is 4.74 Å². The van der Waals surface area contributed by atoms with E-state index in [1.807, 2.05) is 42.5 Å². The third kappa shape index (κ3) is 6.83. The third-order valence-electron chi connectivity index (χ3n) is 6.61. The predicted octanol–water partition coefficient (Wildman–Crippen LogP) is 6.57. The maximum atomic E-state index is 12.4. The first-order valence-electron chi connectivity index (χ1n) is 12.1. The molecule has 0 bridgehead atoms. The molecule has 1 fully saturated rings. The Labute approximate surface area is 198 Å². The van der Waals surface area contributed by atoms with Crippen LogP contribution in [0, 0.1) is 17.3 Å². The van der Waals surface area contributed by atoms with Gasteiger partial charge in [-0.05, 0) is 87.3 Å². The molecule has 5 nitrogen and oxygen atoms in total. The number of rotatable bonds is 7. The fourth-order valence-electron chi connectivity index (χ4n) is 4.69. The van der Waals surface area contributed by atoms with Crippen LogP contribution in [0.25, 0.3) is 0 Å². The molecule has 0 saturated heterocycles. The summed E-state index contributed by atoms with van der Waals surface area (Å²) in [7, 11) is 0. The summed E-state index contributed by atoms with van der Waals surface area (Å²) in [6.07, 6.45) is 3.77. The van der Waals surface area contributed by atoms with E-state index >= 15 is 0 Å². The highest BCUT2D eigenvalue weighted by atomic mass is 16.5. The Bertz CT molecular complexity index is 908. The van der Waals surface area contributed by atoms with Gasteiger partial charge >= 0.3 is 5.97 Å². The highest BCUT2D eigenvalue weighted by molar-refractivity contribution is 5.93. The molecule has 178 valence electrons. The first-order chi connectivity index (χ1) is 15.6. The van der Waals surface area contributed by atoms with Gasteiger partial charge in [0.15, 0.2) is 6.61 Å². The summed E-state index contributed by atoms with van der Waals surface area (Å²) in [6, 6.07) is 18.2. The van der Waals surface area contributed by atoms with Crippen molar-refractivity contribution in [2.45, 2.75) is 66.3 Å². The summed E-state index contributed by atoms with van der Waals surface area (Å²) in [5, 5.41) is 2.83. The van der Waals surface area contributed by atoms with Crippen molar-refractivity contribution in [1.82, 2.24) is 0 Å². The van der Waals surface area contributed by atoms with E-state index in [1.165, 1.54) is 0 Å². The number of nitrogens with zero attached hydrogens (tertiary/aromatic N) is 1. The normalized spacial score (nSPS) is 18.6. The van der Waals surface area contributed by atoms with E-state index < -0.39 is 0 Å². The van der Waals surface area contributed by atoms with Crippen LogP contribution >= 0.6 is 0 Å². The Kier molecular flexibility index (Phi) is 8.17. The van der Waals surface area contributed by atoms with Gasteiger partial charge in [0.2, 0.25) is 0 Å². The molecule has 33 heavy (non-hydrogen) atoms. The Morgan fingerprint density at radius 2 is 1.52 bits per heavy atom. The van der Waals surface area contributed by atoms with Gasteiger partial charge in [-0.25, -0.2) is 0 Å². The molecule has 0 aliphatic heterocycles. The molecule has 0 atom stereocenters. The second-order valence-electron chi connectivity index (χ2n) is 10.4. The van der Waals surface area contributed by atoms with Gasteiger partial charge in [0.1, 0.15) is 0 Å². The highest BCUT2D eigenvalue weighted by Gasteiger charge is 2.33. The number of carbonyl (C=O) groups excluding carboxylic acids is 2. The highest BCUT2D eigenvalue weighted by Crippen LogP contribution is 2.40. The van der Waals surface area contributed by atoms with Crippen LogP contribution in [-0.2, 0) is 14.3 Å². The van der Waals surface area contributed by atoms with Crippen molar-refractivity contribution in [3.8, 4) is 0 Å². The molecule has 3 rings (SSSR count). The second-order valence-corrected chi connectivity index (χ2v) is 10.4. The van der Waals surface area contributed by atoms with E-state index in [1.54, 1.807) is 0 Å². The minimum Gasteiger partial charge on any atom is -0.455 e. The second kappa shape index (κ2) is 10.9. The minimum absolute atomic E-state index is 0.0873. The van der Waals surface area contributed by atoms with E-state index in [0.717, 1.165) is 37.1 Å². The number of carbonyl (C=O) groups is 2. The quantitative estimate of drug-likeness (QED) is 0.485. The molecule has 2 aromatic carbocycles. The summed E-state index contributed by atoms with van der Waals surface area (Å²) >= 11 is 0. The molecular formula is C28H38N2O3. The molecule has 1 amide bonds. The van der Waals surface area contributed by atoms with Gasteiger partial charge in [0.25, 0.3) is 5.91 Å². The van der Waals surface area contributed by atoms with E-state index in [0.29, 0.717) is 11.6 Å². The molecular weight excluding hydrogens is 412 g/mol. The van der Waals surface area contributed by atoms with Crippen molar-refractivity contribution >= 4 is 28.9 Å². The number of ether oxygens (including phenoxy) is 1. The number of esters is 1. The van der Waals surface area contributed by atoms with Crippen molar-refractivity contribution in [2.75, 3.05) is 16.8 Å². The topological polar surface area (TPSA) is 58.6 Å². The number of amides is 1. The zero-order valence-electron chi connectivity index (χ0n) is 20.6. The van der Waals surface area contributed by atoms with Gasteiger partial charge < -0.3 is 15.0 Å². The molecule has 1 aliphatic carbocycles. The first kappa shape index (κ1) is 24.8. The van der Waals surface area contributed by atoms with Crippen LogP contribution in [0.15, 0.2) is 54.6 Å². The van der Waals surface area contributed by atoms with Crippen molar-refractivity contribution < 1.29 is 14.3 Å². The summed E-state index contributed by atoms with van der Waals surface area (Å²) < 4.78 is 5.33. The maximum absolute atomic E-state index is 12.4. The van der Waals surface area contributed by atoms with Crippen molar-refractivity contribution in [2.24, 2.45) is 17.3 Å². The fourth-order valence-corrected chi connectivity index (χ4v) is 4.69. The van der Waals surface area contributed by atoms with Gasteiger partial charge in [0.05, 0.1) is 5.92 Å². The lowest BCUT2D eigenvalue weighted by Gasteiger charge is -2.36. The predicted molar refractivity (Wildman–Crippen MR) is 135 cm³/mol. The monoisotopic (exact) mass is 450 g/mol. The van der Waals surface area contributed by atoms with Crippen LogP contribution in [0.5, 0.6) is 0 Å². The van der Waals surface area contributed by atoms with Gasteiger partial charge in [-0.3, -0.25) is 9.59 Å². The van der Waals surface area contributed by atoms with Crippen LogP contribution in [0.1, 0.15) is 60.3 Å². The third-order valence-corrected chi connectivity index (χ3v) is 6.61. The standard InChI is InChI=1S/C28H38N2O3/c1-20(2)30(24-9-7-6-8-10-24)25-17-15-23(16-18-25)29-26(31)19-33-27(32)21-11-13-22(14-12-21)28(3,4)5/h6-10,15-18,20-22H,11-14,19H2,1-5H3,(H,29,31). The number of benzene rings is 2. The van der Waals surface area contributed by atoms with Crippen molar-refractivity contribution in [1.29, 1.82) is 0 Å². The Hall–Kier alpha value is -2.82. The van der Waals surface area contributed by atoms with Crippen LogP contribution in [0.3, 0.4) is 0 Å². The lowest BCUT2D eigenvalue weighted by Crippen LogP contribution is -2.31. The molecule has 1 aliphatic rings. The molecule has 0 aromatic heterocycles. The van der Waals surface area contributed by atoms with Crippen LogP contribution in [0.4, 0.5) is 17.1 Å². The molecule has 2 aromatic rings. The Balaban J connectivity index is 1.49. The van der Waals surface area contributed by atoms with Gasteiger partial charge in [-0.15, -0.1) is 0 Å². The Morgan fingerprint density at radius 3 is 2.06 bits per heavy atom. The zero-order valence-corrected chi connectivity index (χ0v) is 20.6. The summed E-state index contributed by atoms with van der Waals surface area (Å²) in [5.74, 6) is -0.0106. The smallest absolute Gasteiger partial charge is 0.309 e. The average molecular weight is 451 g/mol. The van der Waals surface area contributed by atoms with Crippen LogP contribution in [0.2, 0.25) is 0 Å². The molecule has 0 spiro atoms. The van der Waals surface area contributed by atoms with Gasteiger partial charge in [-0.1, -0.05) is 39.0 Å². The molecule has 0 unspecified atom stereocenters. The average Bonchev–Trinajstić information content (AvgIpc) is 2.79. The number of hydrogen-bond donors (Lipinski definition) is 1. The summed E-state index contributed by atoms with van der Waals surface area (Å²) in [5.41, 5.74) is 3.12. The largest absolute Gasteiger partial charge is 0.455 e. The SMILES string of the molecule is CC(C)N(c1ccccc1)c1ccc(NC(=O)COC(=O)C2CCC(C(C)(C)C)CC2)cc1. The van der Waals surface area contributed by atoms with E-state index in [-0.39, 0.29) is 35.9 Å². The molecule has 1 N–H and O–H groups in total.